The Labute approximate surface area is 174 Å². The standard InChI is InChI=1S/C25H24F3NO/c1-5-17-12-13-23(29(3)4)21(14-17)24(25(26,27)28)22(15-30)20-11-7-9-18-16(2)8-6-10-19(18)20/h6-15H,5H2,1-4H3/b24-22-. The number of hydrogen-bond donors (Lipinski definition) is 0. The molecule has 3 aromatic carbocycles. The van der Waals surface area contributed by atoms with Crippen molar-refractivity contribution >= 4 is 33.9 Å². The van der Waals surface area contributed by atoms with Crippen molar-refractivity contribution in [3.63, 3.8) is 0 Å². The van der Waals surface area contributed by atoms with Gasteiger partial charge in [-0.3, -0.25) is 4.79 Å². The maximum Gasteiger partial charge on any atom is 0.417 e. The highest BCUT2D eigenvalue weighted by Gasteiger charge is 2.39. The molecule has 0 atom stereocenters. The predicted octanol–water partition coefficient (Wildman–Crippen LogP) is 6.45. The molecule has 0 aromatic heterocycles. The number of aryl methyl sites for hydroxylation is 2. The molecule has 0 aliphatic carbocycles. The van der Waals surface area contributed by atoms with E-state index in [2.05, 4.69) is 0 Å². The van der Waals surface area contributed by atoms with Crippen LogP contribution in [0.15, 0.2) is 54.6 Å². The Kier molecular flexibility index (Phi) is 6.01. The molecule has 0 radical (unpaired) electrons. The van der Waals surface area contributed by atoms with Crippen LogP contribution < -0.4 is 4.90 Å². The summed E-state index contributed by atoms with van der Waals surface area (Å²) in [5, 5.41) is 1.45. The molecule has 0 amide bonds. The predicted molar refractivity (Wildman–Crippen MR) is 118 cm³/mol. The normalized spacial score (nSPS) is 12.6. The summed E-state index contributed by atoms with van der Waals surface area (Å²) in [6.45, 7) is 3.79. The average molecular weight is 411 g/mol. The lowest BCUT2D eigenvalue weighted by Gasteiger charge is -2.23. The van der Waals surface area contributed by atoms with Crippen LogP contribution in [0.5, 0.6) is 0 Å². The highest BCUT2D eigenvalue weighted by Crippen LogP contribution is 2.44. The van der Waals surface area contributed by atoms with Gasteiger partial charge in [0.25, 0.3) is 0 Å². The van der Waals surface area contributed by atoms with E-state index in [1.165, 1.54) is 6.07 Å². The number of carbonyl (C=O) groups excluding carboxylic acids is 1. The summed E-state index contributed by atoms with van der Waals surface area (Å²) in [6, 6.07) is 15.6. The van der Waals surface area contributed by atoms with Gasteiger partial charge in [0.1, 0.15) is 0 Å². The van der Waals surface area contributed by atoms with Crippen LogP contribution in [0, 0.1) is 6.92 Å². The van der Waals surface area contributed by atoms with E-state index in [4.69, 9.17) is 0 Å². The van der Waals surface area contributed by atoms with E-state index in [0.29, 0.717) is 23.8 Å². The number of hydrogen-bond acceptors (Lipinski definition) is 2. The third kappa shape index (κ3) is 3.97. The van der Waals surface area contributed by atoms with Crippen LogP contribution in [0.3, 0.4) is 0 Å². The van der Waals surface area contributed by atoms with Crippen molar-refractivity contribution < 1.29 is 18.0 Å². The molecule has 0 N–H and O–H groups in total. The van der Waals surface area contributed by atoms with Crippen molar-refractivity contribution in [3.05, 3.63) is 76.9 Å². The van der Waals surface area contributed by atoms with Crippen LogP contribution in [0.25, 0.3) is 21.9 Å². The SMILES string of the molecule is CCc1ccc(N(C)C)c(/C(=C(\C=O)c2cccc3c(C)cccc23)C(F)(F)F)c1. The second-order valence-corrected chi connectivity index (χ2v) is 7.48. The fraction of sp³-hybridized carbons (Fsp3) is 0.240. The number of halogens is 3. The molecular formula is C25H24F3NO. The van der Waals surface area contributed by atoms with Gasteiger partial charge in [-0.1, -0.05) is 49.4 Å². The molecule has 0 unspecified atom stereocenters. The first kappa shape index (κ1) is 21.6. The lowest BCUT2D eigenvalue weighted by atomic mass is 9.89. The van der Waals surface area contributed by atoms with Gasteiger partial charge >= 0.3 is 6.18 Å². The number of rotatable bonds is 5. The lowest BCUT2D eigenvalue weighted by molar-refractivity contribution is -0.103. The van der Waals surface area contributed by atoms with Crippen molar-refractivity contribution in [3.8, 4) is 0 Å². The summed E-state index contributed by atoms with van der Waals surface area (Å²) in [6.07, 6.45) is -3.78. The maximum absolute atomic E-state index is 14.5. The summed E-state index contributed by atoms with van der Waals surface area (Å²) in [4.78, 5) is 13.8. The number of alkyl halides is 3. The second-order valence-electron chi connectivity index (χ2n) is 7.48. The number of allylic oxidation sites excluding steroid dienone is 2. The van der Waals surface area contributed by atoms with Gasteiger partial charge in [0.05, 0.1) is 5.57 Å². The van der Waals surface area contributed by atoms with E-state index in [9.17, 15) is 18.0 Å². The third-order valence-corrected chi connectivity index (χ3v) is 5.32. The fourth-order valence-corrected chi connectivity index (χ4v) is 3.80. The number of benzene rings is 3. The van der Waals surface area contributed by atoms with Crippen molar-refractivity contribution in [2.75, 3.05) is 19.0 Å². The number of fused-ring (bicyclic) bond motifs is 1. The molecule has 0 aliphatic heterocycles. The van der Waals surface area contributed by atoms with Gasteiger partial charge in [-0.15, -0.1) is 0 Å². The summed E-state index contributed by atoms with van der Waals surface area (Å²) < 4.78 is 43.4. The van der Waals surface area contributed by atoms with E-state index in [0.717, 1.165) is 16.5 Å². The van der Waals surface area contributed by atoms with Gasteiger partial charge < -0.3 is 4.90 Å². The Bertz CT molecular complexity index is 1130. The van der Waals surface area contributed by atoms with Crippen molar-refractivity contribution in [1.29, 1.82) is 0 Å². The first-order valence-corrected chi connectivity index (χ1v) is 9.75. The van der Waals surface area contributed by atoms with Crippen LogP contribution in [-0.2, 0) is 11.2 Å². The Morgan fingerprint density at radius 2 is 1.63 bits per heavy atom. The maximum atomic E-state index is 14.5. The molecule has 156 valence electrons. The van der Waals surface area contributed by atoms with Crippen LogP contribution in [0.2, 0.25) is 0 Å². The minimum atomic E-state index is -4.71. The zero-order chi connectivity index (χ0) is 22.1. The zero-order valence-corrected chi connectivity index (χ0v) is 17.5. The van der Waals surface area contributed by atoms with Gasteiger partial charge in [-0.25, -0.2) is 0 Å². The molecular weight excluding hydrogens is 387 g/mol. The number of carbonyl (C=O) groups is 1. The van der Waals surface area contributed by atoms with Crippen LogP contribution >= 0.6 is 0 Å². The average Bonchev–Trinajstić information content (AvgIpc) is 2.70. The largest absolute Gasteiger partial charge is 0.417 e. The minimum Gasteiger partial charge on any atom is -0.377 e. The van der Waals surface area contributed by atoms with Crippen molar-refractivity contribution in [2.45, 2.75) is 26.4 Å². The molecule has 0 bridgehead atoms. The van der Waals surface area contributed by atoms with Gasteiger partial charge in [0.15, 0.2) is 6.29 Å². The van der Waals surface area contributed by atoms with Crippen LogP contribution in [-0.4, -0.2) is 26.6 Å². The van der Waals surface area contributed by atoms with Crippen LogP contribution in [0.4, 0.5) is 18.9 Å². The molecule has 2 nitrogen and oxygen atoms in total. The topological polar surface area (TPSA) is 20.3 Å². The Morgan fingerprint density at radius 1 is 0.967 bits per heavy atom. The van der Waals surface area contributed by atoms with Crippen molar-refractivity contribution in [2.24, 2.45) is 0 Å². The third-order valence-electron chi connectivity index (χ3n) is 5.32. The number of aldehydes is 1. The molecule has 0 saturated carbocycles. The summed E-state index contributed by atoms with van der Waals surface area (Å²) in [5.41, 5.74) is 1.16. The Hall–Kier alpha value is -3.08. The summed E-state index contributed by atoms with van der Waals surface area (Å²) in [7, 11) is 3.39. The highest BCUT2D eigenvalue weighted by atomic mass is 19.4. The van der Waals surface area contributed by atoms with E-state index in [-0.39, 0.29) is 16.7 Å². The van der Waals surface area contributed by atoms with Crippen molar-refractivity contribution in [1.82, 2.24) is 0 Å². The zero-order valence-electron chi connectivity index (χ0n) is 17.5. The molecule has 0 aliphatic rings. The molecule has 3 rings (SSSR count). The number of anilines is 1. The van der Waals surface area contributed by atoms with E-state index < -0.39 is 11.7 Å². The lowest BCUT2D eigenvalue weighted by Crippen LogP contribution is -2.18. The Balaban J connectivity index is 2.47. The molecule has 0 fully saturated rings. The molecule has 0 saturated heterocycles. The molecule has 0 spiro atoms. The first-order chi connectivity index (χ1) is 14.2. The second kappa shape index (κ2) is 8.34. The van der Waals surface area contributed by atoms with Gasteiger partial charge in [0, 0.05) is 30.9 Å². The molecule has 0 heterocycles. The van der Waals surface area contributed by atoms with E-state index >= 15 is 0 Å². The Morgan fingerprint density at radius 3 is 2.23 bits per heavy atom. The molecule has 5 heteroatoms. The first-order valence-electron chi connectivity index (χ1n) is 9.75. The number of nitrogens with zero attached hydrogens (tertiary/aromatic N) is 1. The summed E-state index contributed by atoms with van der Waals surface area (Å²) in [5.74, 6) is 0. The summed E-state index contributed by atoms with van der Waals surface area (Å²) >= 11 is 0. The minimum absolute atomic E-state index is 0.0126. The quantitative estimate of drug-likeness (QED) is 0.273. The monoisotopic (exact) mass is 411 g/mol. The fourth-order valence-electron chi connectivity index (χ4n) is 3.80. The van der Waals surface area contributed by atoms with E-state index in [1.807, 2.05) is 32.0 Å². The smallest absolute Gasteiger partial charge is 0.377 e. The molecule has 30 heavy (non-hydrogen) atoms. The van der Waals surface area contributed by atoms with Gasteiger partial charge in [0.2, 0.25) is 0 Å². The van der Waals surface area contributed by atoms with Gasteiger partial charge in [-0.05, 0) is 52.9 Å². The van der Waals surface area contributed by atoms with E-state index in [1.54, 1.807) is 49.3 Å². The van der Waals surface area contributed by atoms with Crippen LogP contribution in [0.1, 0.15) is 29.2 Å². The molecule has 3 aromatic rings. The highest BCUT2D eigenvalue weighted by molar-refractivity contribution is 6.22. The van der Waals surface area contributed by atoms with Gasteiger partial charge in [-0.2, -0.15) is 13.2 Å².